The van der Waals surface area contributed by atoms with Gasteiger partial charge in [0.25, 0.3) is 16.9 Å². The number of hydrogen-bond acceptors (Lipinski definition) is 6. The molecule has 0 fully saturated rings. The lowest BCUT2D eigenvalue weighted by Crippen LogP contribution is -2.22. The van der Waals surface area contributed by atoms with Gasteiger partial charge in [-0.1, -0.05) is 29.8 Å². The highest BCUT2D eigenvalue weighted by atomic mass is 35.5. The zero-order valence-electron chi connectivity index (χ0n) is 16.2. The van der Waals surface area contributed by atoms with Crippen molar-refractivity contribution in [1.82, 2.24) is 9.55 Å². The first-order valence-electron chi connectivity index (χ1n) is 9.24. The van der Waals surface area contributed by atoms with Gasteiger partial charge >= 0.3 is 0 Å². The van der Waals surface area contributed by atoms with Gasteiger partial charge in [0.1, 0.15) is 5.82 Å². The molecule has 0 atom stereocenters. The predicted octanol–water partition coefficient (Wildman–Crippen LogP) is 5.03. The number of fused-ring (bicyclic) bond motifs is 1. The molecular weight excluding hydrogens is 436 g/mol. The first kappa shape index (κ1) is 20.9. The van der Waals surface area contributed by atoms with Crippen LogP contribution in [0.1, 0.15) is 11.4 Å². The maximum absolute atomic E-state index is 13.3. The molecule has 0 N–H and O–H groups in total. The lowest BCUT2D eigenvalue weighted by atomic mass is 10.2. The maximum Gasteiger partial charge on any atom is 0.271 e. The Bertz CT molecular complexity index is 1460. The van der Waals surface area contributed by atoms with Gasteiger partial charge in [0.05, 0.1) is 31.5 Å². The van der Waals surface area contributed by atoms with Crippen molar-refractivity contribution in [3.63, 3.8) is 0 Å². The number of nitro groups is 2. The molecule has 0 saturated heterocycles. The Balaban J connectivity index is 1.89. The minimum Gasteiger partial charge on any atom is -0.268 e. The standard InChI is InChI=1S/C22H13ClN4O5/c23-18-13-16(27(31)32)10-11-20(18)25-21(24-19-4-2-1-3-17(19)22(25)28)12-7-14-5-8-15(9-6-14)26(29)30/h1-13H. The summed E-state index contributed by atoms with van der Waals surface area (Å²) in [6.07, 6.45) is 3.23. The van der Waals surface area contributed by atoms with Crippen LogP contribution in [-0.2, 0) is 0 Å². The fourth-order valence-corrected chi connectivity index (χ4v) is 3.42. The van der Waals surface area contributed by atoms with E-state index in [0.717, 1.165) is 0 Å². The number of non-ortho nitro benzene ring substituents is 2. The van der Waals surface area contributed by atoms with Gasteiger partial charge in [0, 0.05) is 24.3 Å². The van der Waals surface area contributed by atoms with Crippen molar-refractivity contribution in [1.29, 1.82) is 0 Å². The largest absolute Gasteiger partial charge is 0.271 e. The Labute approximate surface area is 185 Å². The van der Waals surface area contributed by atoms with Crippen molar-refractivity contribution in [2.75, 3.05) is 0 Å². The lowest BCUT2D eigenvalue weighted by molar-refractivity contribution is -0.385. The molecule has 158 valence electrons. The van der Waals surface area contributed by atoms with Gasteiger partial charge in [-0.2, -0.15) is 0 Å². The van der Waals surface area contributed by atoms with E-state index in [-0.39, 0.29) is 27.9 Å². The van der Waals surface area contributed by atoms with E-state index >= 15 is 0 Å². The fraction of sp³-hybridized carbons (Fsp3) is 0. The minimum atomic E-state index is -0.577. The third-order valence-electron chi connectivity index (χ3n) is 4.71. The number of halogens is 1. The smallest absolute Gasteiger partial charge is 0.268 e. The number of aromatic nitrogens is 2. The van der Waals surface area contributed by atoms with Crippen LogP contribution in [0.4, 0.5) is 11.4 Å². The highest BCUT2D eigenvalue weighted by molar-refractivity contribution is 6.32. The summed E-state index contributed by atoms with van der Waals surface area (Å²) in [4.78, 5) is 38.6. The van der Waals surface area contributed by atoms with E-state index in [0.29, 0.717) is 16.5 Å². The second kappa shape index (κ2) is 8.40. The third kappa shape index (κ3) is 3.96. The normalized spacial score (nSPS) is 11.2. The number of nitrogens with zero attached hydrogens (tertiary/aromatic N) is 4. The molecule has 1 heterocycles. The second-order valence-electron chi connectivity index (χ2n) is 6.70. The van der Waals surface area contributed by atoms with Crippen molar-refractivity contribution in [3.05, 3.63) is 114 Å². The molecule has 9 nitrogen and oxygen atoms in total. The summed E-state index contributed by atoms with van der Waals surface area (Å²) in [5.41, 5.74) is 0.720. The first-order valence-corrected chi connectivity index (χ1v) is 9.61. The SMILES string of the molecule is O=c1c2ccccc2nc(C=Cc2ccc([N+](=O)[O-])cc2)n1-c1ccc([N+](=O)[O-])cc1Cl. The molecule has 0 bridgehead atoms. The average Bonchev–Trinajstić information content (AvgIpc) is 2.78. The summed E-state index contributed by atoms with van der Waals surface area (Å²) in [6.45, 7) is 0. The zero-order chi connectivity index (χ0) is 22.8. The van der Waals surface area contributed by atoms with Crippen molar-refractivity contribution in [2.24, 2.45) is 0 Å². The summed E-state index contributed by atoms with van der Waals surface area (Å²) in [5.74, 6) is 0.239. The molecule has 1 aromatic heterocycles. The zero-order valence-corrected chi connectivity index (χ0v) is 17.0. The van der Waals surface area contributed by atoms with Crippen LogP contribution in [0.3, 0.4) is 0 Å². The van der Waals surface area contributed by atoms with Crippen molar-refractivity contribution >= 4 is 46.0 Å². The van der Waals surface area contributed by atoms with Crippen LogP contribution in [0.15, 0.2) is 71.5 Å². The van der Waals surface area contributed by atoms with Gasteiger partial charge in [-0.3, -0.25) is 29.6 Å². The summed E-state index contributed by atoms with van der Waals surface area (Å²) >= 11 is 6.29. The van der Waals surface area contributed by atoms with Crippen LogP contribution in [0, 0.1) is 20.2 Å². The first-order chi connectivity index (χ1) is 15.3. The molecule has 0 aliphatic heterocycles. The van der Waals surface area contributed by atoms with Crippen molar-refractivity contribution in [3.8, 4) is 5.69 Å². The van der Waals surface area contributed by atoms with Crippen LogP contribution in [0.25, 0.3) is 28.7 Å². The molecular formula is C22H13ClN4O5. The van der Waals surface area contributed by atoms with Crippen molar-refractivity contribution < 1.29 is 9.85 Å². The molecule has 10 heteroatoms. The van der Waals surface area contributed by atoms with E-state index in [1.54, 1.807) is 48.6 Å². The Morgan fingerprint density at radius 2 is 1.53 bits per heavy atom. The Kier molecular flexibility index (Phi) is 5.48. The highest BCUT2D eigenvalue weighted by Crippen LogP contribution is 2.26. The number of hydrogen-bond donors (Lipinski definition) is 0. The van der Waals surface area contributed by atoms with E-state index in [1.165, 1.54) is 34.9 Å². The van der Waals surface area contributed by atoms with E-state index in [4.69, 9.17) is 11.6 Å². The molecule has 0 radical (unpaired) electrons. The summed E-state index contributed by atoms with van der Waals surface area (Å²) < 4.78 is 1.27. The molecule has 4 rings (SSSR count). The third-order valence-corrected chi connectivity index (χ3v) is 5.02. The van der Waals surface area contributed by atoms with Crippen LogP contribution >= 0.6 is 11.6 Å². The number of nitro benzene ring substituents is 2. The predicted molar refractivity (Wildman–Crippen MR) is 121 cm³/mol. The summed E-state index contributed by atoms with van der Waals surface area (Å²) in [7, 11) is 0. The van der Waals surface area contributed by atoms with Crippen LogP contribution in [0.2, 0.25) is 5.02 Å². The maximum atomic E-state index is 13.3. The van der Waals surface area contributed by atoms with E-state index in [9.17, 15) is 25.0 Å². The monoisotopic (exact) mass is 448 g/mol. The van der Waals surface area contributed by atoms with Crippen LogP contribution < -0.4 is 5.56 Å². The molecule has 0 unspecified atom stereocenters. The highest BCUT2D eigenvalue weighted by Gasteiger charge is 2.16. The Morgan fingerprint density at radius 3 is 2.19 bits per heavy atom. The molecule has 0 aliphatic rings. The van der Waals surface area contributed by atoms with Crippen LogP contribution in [0.5, 0.6) is 0 Å². The Hall–Kier alpha value is -4.37. The lowest BCUT2D eigenvalue weighted by Gasteiger charge is -2.13. The second-order valence-corrected chi connectivity index (χ2v) is 7.11. The van der Waals surface area contributed by atoms with Crippen molar-refractivity contribution in [2.45, 2.75) is 0 Å². The number of benzene rings is 3. The molecule has 0 saturated carbocycles. The molecule has 32 heavy (non-hydrogen) atoms. The fourth-order valence-electron chi connectivity index (χ4n) is 3.16. The van der Waals surface area contributed by atoms with Gasteiger partial charge in [0.2, 0.25) is 0 Å². The quantitative estimate of drug-likeness (QED) is 0.312. The molecule has 0 aliphatic carbocycles. The molecule has 0 spiro atoms. The van der Waals surface area contributed by atoms with Gasteiger partial charge in [0.15, 0.2) is 0 Å². The minimum absolute atomic E-state index is 0.0170. The number of para-hydroxylation sites is 1. The molecule has 3 aromatic carbocycles. The summed E-state index contributed by atoms with van der Waals surface area (Å²) in [5, 5.41) is 22.3. The summed E-state index contributed by atoms with van der Waals surface area (Å²) in [6, 6.07) is 16.5. The van der Waals surface area contributed by atoms with Gasteiger partial charge < -0.3 is 0 Å². The van der Waals surface area contributed by atoms with E-state index in [2.05, 4.69) is 4.98 Å². The van der Waals surface area contributed by atoms with E-state index in [1.807, 2.05) is 0 Å². The van der Waals surface area contributed by atoms with E-state index < -0.39 is 15.4 Å². The topological polar surface area (TPSA) is 121 Å². The van der Waals surface area contributed by atoms with Gasteiger partial charge in [-0.05, 0) is 42.0 Å². The Morgan fingerprint density at radius 1 is 0.875 bits per heavy atom. The van der Waals surface area contributed by atoms with Gasteiger partial charge in [-0.25, -0.2) is 4.98 Å². The molecule has 4 aromatic rings. The molecule has 0 amide bonds. The van der Waals surface area contributed by atoms with Crippen LogP contribution in [-0.4, -0.2) is 19.4 Å². The average molecular weight is 449 g/mol. The number of rotatable bonds is 5. The van der Waals surface area contributed by atoms with Gasteiger partial charge in [-0.15, -0.1) is 0 Å².